The van der Waals surface area contributed by atoms with Gasteiger partial charge >= 0.3 is 0 Å². The lowest BCUT2D eigenvalue weighted by molar-refractivity contribution is 0.407. The van der Waals surface area contributed by atoms with Crippen LogP contribution in [0.4, 0.5) is 11.8 Å². The van der Waals surface area contributed by atoms with Crippen LogP contribution in [-0.4, -0.2) is 22.1 Å². The molecule has 0 atom stereocenters. The molecule has 0 amide bonds. The largest absolute Gasteiger partial charge is 0.495 e. The Hall–Kier alpha value is -3.15. The van der Waals surface area contributed by atoms with Crippen LogP contribution in [0.2, 0.25) is 0 Å². The van der Waals surface area contributed by atoms with E-state index in [9.17, 15) is 0 Å². The molecule has 0 unspecified atom stereocenters. The van der Waals surface area contributed by atoms with Crippen molar-refractivity contribution in [2.24, 2.45) is 0 Å². The minimum absolute atomic E-state index is 0.508. The smallest absolute Gasteiger partial charge is 0.224 e. The number of pyridine rings is 1. The maximum Gasteiger partial charge on any atom is 0.224 e. The lowest BCUT2D eigenvalue weighted by atomic mass is 10.1. The highest BCUT2D eigenvalue weighted by atomic mass is 16.5. The Labute approximate surface area is 146 Å². The Bertz CT molecular complexity index is 858. The van der Waals surface area contributed by atoms with Crippen LogP contribution in [0, 0.1) is 0 Å². The molecule has 0 fully saturated rings. The number of rotatable bonds is 5. The van der Waals surface area contributed by atoms with Crippen LogP contribution in [0.15, 0.2) is 54.9 Å². The summed E-state index contributed by atoms with van der Waals surface area (Å²) in [6.45, 7) is 2.26. The van der Waals surface area contributed by atoms with Crippen molar-refractivity contribution in [1.29, 1.82) is 0 Å². The van der Waals surface area contributed by atoms with Crippen LogP contribution in [0.25, 0.3) is 0 Å². The monoisotopic (exact) mass is 333 g/mol. The summed E-state index contributed by atoms with van der Waals surface area (Å²) in [7, 11) is 1.64. The Morgan fingerprint density at radius 1 is 1.00 bits per heavy atom. The van der Waals surface area contributed by atoms with E-state index < -0.39 is 0 Å². The van der Waals surface area contributed by atoms with Gasteiger partial charge in [-0.1, -0.05) is 24.3 Å². The highest BCUT2D eigenvalue weighted by Crippen LogP contribution is 2.27. The number of fused-ring (bicyclic) bond motifs is 1. The second-order valence-electron chi connectivity index (χ2n) is 5.87. The summed E-state index contributed by atoms with van der Waals surface area (Å²) < 4.78 is 5.32. The van der Waals surface area contributed by atoms with Gasteiger partial charge in [0.1, 0.15) is 17.3 Å². The topological polar surface area (TPSA) is 63.2 Å². The van der Waals surface area contributed by atoms with E-state index in [0.29, 0.717) is 12.5 Å². The molecule has 3 heterocycles. The van der Waals surface area contributed by atoms with Crippen LogP contribution in [0.5, 0.6) is 5.75 Å². The van der Waals surface area contributed by atoms with E-state index in [1.54, 1.807) is 19.5 Å². The third-order valence-electron chi connectivity index (χ3n) is 4.29. The number of hydrogen-bond acceptors (Lipinski definition) is 6. The first kappa shape index (κ1) is 15.4. The normalized spacial score (nSPS) is 12.8. The number of benzene rings is 1. The highest BCUT2D eigenvalue weighted by Gasteiger charge is 2.19. The predicted molar refractivity (Wildman–Crippen MR) is 96.5 cm³/mol. The van der Waals surface area contributed by atoms with Crippen molar-refractivity contribution in [2.75, 3.05) is 17.3 Å². The Kier molecular flexibility index (Phi) is 4.16. The second-order valence-corrected chi connectivity index (χ2v) is 5.87. The molecule has 0 spiro atoms. The Morgan fingerprint density at radius 2 is 1.80 bits per heavy atom. The van der Waals surface area contributed by atoms with Gasteiger partial charge in [-0.25, -0.2) is 4.98 Å². The van der Waals surface area contributed by atoms with Gasteiger partial charge in [0.2, 0.25) is 5.95 Å². The van der Waals surface area contributed by atoms with Crippen molar-refractivity contribution in [3.8, 4) is 5.75 Å². The average molecular weight is 333 g/mol. The van der Waals surface area contributed by atoms with Crippen molar-refractivity contribution in [3.63, 3.8) is 0 Å². The SMILES string of the molecule is COc1cccnc1CNc1nccc(N2Cc3ccccc3C2)n1. The molecule has 0 radical (unpaired) electrons. The van der Waals surface area contributed by atoms with E-state index in [-0.39, 0.29) is 0 Å². The summed E-state index contributed by atoms with van der Waals surface area (Å²) in [5, 5.41) is 3.23. The van der Waals surface area contributed by atoms with E-state index in [2.05, 4.69) is 49.4 Å². The van der Waals surface area contributed by atoms with Crippen molar-refractivity contribution in [3.05, 3.63) is 71.7 Å². The quantitative estimate of drug-likeness (QED) is 0.774. The van der Waals surface area contributed by atoms with Gasteiger partial charge in [0.05, 0.1) is 13.7 Å². The van der Waals surface area contributed by atoms with Gasteiger partial charge in [-0.05, 0) is 29.3 Å². The molecule has 4 rings (SSSR count). The maximum absolute atomic E-state index is 5.32. The summed E-state index contributed by atoms with van der Waals surface area (Å²) in [5.41, 5.74) is 3.54. The third kappa shape index (κ3) is 3.24. The molecular weight excluding hydrogens is 314 g/mol. The number of anilines is 2. The molecule has 2 aromatic heterocycles. The van der Waals surface area contributed by atoms with Crippen molar-refractivity contribution in [2.45, 2.75) is 19.6 Å². The van der Waals surface area contributed by atoms with Gasteiger partial charge in [-0.3, -0.25) is 4.98 Å². The van der Waals surface area contributed by atoms with Crippen molar-refractivity contribution >= 4 is 11.8 Å². The number of aromatic nitrogens is 3. The zero-order valence-electron chi connectivity index (χ0n) is 14.0. The van der Waals surface area contributed by atoms with E-state index in [4.69, 9.17) is 4.74 Å². The van der Waals surface area contributed by atoms with Crippen molar-refractivity contribution < 1.29 is 4.74 Å². The summed E-state index contributed by atoms with van der Waals surface area (Å²) >= 11 is 0. The molecule has 0 saturated carbocycles. The number of nitrogens with zero attached hydrogens (tertiary/aromatic N) is 4. The zero-order valence-corrected chi connectivity index (χ0v) is 14.0. The standard InChI is InChI=1S/C19H19N5O/c1-25-17-7-4-9-20-16(17)11-22-19-21-10-8-18(23-19)24-12-14-5-2-3-6-15(14)13-24/h2-10H,11-13H2,1H3,(H,21,22,23). The van der Waals surface area contributed by atoms with Gasteiger partial charge in [0, 0.05) is 25.5 Å². The Balaban J connectivity index is 1.47. The fourth-order valence-corrected chi connectivity index (χ4v) is 3.01. The van der Waals surface area contributed by atoms with Crippen LogP contribution >= 0.6 is 0 Å². The first-order valence-electron chi connectivity index (χ1n) is 8.20. The van der Waals surface area contributed by atoms with Gasteiger partial charge in [0.15, 0.2) is 0 Å². The molecule has 0 aliphatic carbocycles. The molecule has 1 aliphatic rings. The first-order chi connectivity index (χ1) is 12.3. The number of hydrogen-bond donors (Lipinski definition) is 1. The fraction of sp³-hybridized carbons (Fsp3) is 0.211. The molecule has 0 bridgehead atoms. The summed E-state index contributed by atoms with van der Waals surface area (Å²) in [6.07, 6.45) is 3.53. The van der Waals surface area contributed by atoms with E-state index in [1.165, 1.54) is 11.1 Å². The zero-order chi connectivity index (χ0) is 17.1. The van der Waals surface area contributed by atoms with Gasteiger partial charge < -0.3 is 15.0 Å². The highest BCUT2D eigenvalue weighted by molar-refractivity contribution is 5.49. The second kappa shape index (κ2) is 6.76. The molecule has 126 valence electrons. The molecule has 3 aromatic rings. The molecule has 1 aliphatic heterocycles. The van der Waals surface area contributed by atoms with Crippen LogP contribution in [-0.2, 0) is 19.6 Å². The molecule has 1 aromatic carbocycles. The number of nitrogens with one attached hydrogen (secondary N) is 1. The lowest BCUT2D eigenvalue weighted by Gasteiger charge is -2.17. The molecular formula is C19H19N5O. The van der Waals surface area contributed by atoms with Crippen LogP contribution < -0.4 is 15.0 Å². The number of ether oxygens (including phenoxy) is 1. The third-order valence-corrected chi connectivity index (χ3v) is 4.29. The lowest BCUT2D eigenvalue weighted by Crippen LogP contribution is -2.17. The summed E-state index contributed by atoms with van der Waals surface area (Å²) in [5.74, 6) is 2.25. The first-order valence-corrected chi connectivity index (χ1v) is 8.20. The summed E-state index contributed by atoms with van der Waals surface area (Å²) in [6, 6.07) is 14.2. The van der Waals surface area contributed by atoms with E-state index in [0.717, 1.165) is 30.4 Å². The molecule has 25 heavy (non-hydrogen) atoms. The van der Waals surface area contributed by atoms with Crippen LogP contribution in [0.1, 0.15) is 16.8 Å². The molecule has 0 saturated heterocycles. The summed E-state index contributed by atoms with van der Waals surface area (Å²) in [4.78, 5) is 15.5. The minimum atomic E-state index is 0.508. The van der Waals surface area contributed by atoms with Gasteiger partial charge in [0.25, 0.3) is 0 Å². The minimum Gasteiger partial charge on any atom is -0.495 e. The predicted octanol–water partition coefficient (Wildman–Crippen LogP) is 3.01. The van der Waals surface area contributed by atoms with Gasteiger partial charge in [-0.15, -0.1) is 0 Å². The van der Waals surface area contributed by atoms with Crippen molar-refractivity contribution in [1.82, 2.24) is 15.0 Å². The average Bonchev–Trinajstić information content (AvgIpc) is 3.11. The van der Waals surface area contributed by atoms with Crippen LogP contribution in [0.3, 0.4) is 0 Å². The number of methoxy groups -OCH3 is 1. The maximum atomic E-state index is 5.32. The van der Waals surface area contributed by atoms with Gasteiger partial charge in [-0.2, -0.15) is 4.98 Å². The van der Waals surface area contributed by atoms with E-state index >= 15 is 0 Å². The molecule has 1 N–H and O–H groups in total. The van der Waals surface area contributed by atoms with E-state index in [1.807, 2.05) is 18.2 Å². The molecule has 6 nitrogen and oxygen atoms in total. The fourth-order valence-electron chi connectivity index (χ4n) is 3.01. The molecule has 6 heteroatoms. The Morgan fingerprint density at radius 3 is 2.56 bits per heavy atom.